The van der Waals surface area contributed by atoms with Gasteiger partial charge in [-0.25, -0.2) is 0 Å². The van der Waals surface area contributed by atoms with Gasteiger partial charge in [-0.05, 0) is 37.7 Å². The summed E-state index contributed by atoms with van der Waals surface area (Å²) in [7, 11) is 0. The molecule has 0 aromatic heterocycles. The van der Waals surface area contributed by atoms with E-state index in [1.165, 1.54) is 24.0 Å². The summed E-state index contributed by atoms with van der Waals surface area (Å²) in [5, 5.41) is 0. The molecule has 0 unspecified atom stereocenters. The molecule has 0 heteroatoms. The molecule has 0 amide bonds. The summed E-state index contributed by atoms with van der Waals surface area (Å²) in [6, 6.07) is 0. The molecule has 0 spiro atoms. The standard InChI is InChI=1S/C13H20/c1-5-6-9-12-11(2)8-7-10-13(12,3)4/h5-6,8-9H,7,10H2,1-4H3/b6-5+,12-9-. The molecule has 0 radical (unpaired) electrons. The molecule has 0 aromatic rings. The Morgan fingerprint density at radius 1 is 1.38 bits per heavy atom. The van der Waals surface area contributed by atoms with Gasteiger partial charge in [-0.15, -0.1) is 0 Å². The summed E-state index contributed by atoms with van der Waals surface area (Å²) >= 11 is 0. The van der Waals surface area contributed by atoms with Crippen molar-refractivity contribution < 1.29 is 0 Å². The minimum Gasteiger partial charge on any atom is -0.0877 e. The second-order valence-electron chi connectivity index (χ2n) is 4.42. The van der Waals surface area contributed by atoms with Gasteiger partial charge in [-0.3, -0.25) is 0 Å². The molecular weight excluding hydrogens is 156 g/mol. The van der Waals surface area contributed by atoms with Crippen LogP contribution in [0.1, 0.15) is 40.5 Å². The first-order valence-corrected chi connectivity index (χ1v) is 5.08. The molecule has 0 atom stereocenters. The first-order valence-electron chi connectivity index (χ1n) is 5.08. The minimum absolute atomic E-state index is 0.359. The van der Waals surface area contributed by atoms with E-state index in [1.807, 2.05) is 0 Å². The first-order chi connectivity index (χ1) is 6.08. The molecule has 13 heavy (non-hydrogen) atoms. The smallest absolute Gasteiger partial charge is 0.00981 e. The second-order valence-corrected chi connectivity index (χ2v) is 4.42. The van der Waals surface area contributed by atoms with Gasteiger partial charge >= 0.3 is 0 Å². The lowest BCUT2D eigenvalue weighted by atomic mass is 9.73. The van der Waals surface area contributed by atoms with Gasteiger partial charge in [0.2, 0.25) is 0 Å². The van der Waals surface area contributed by atoms with Crippen molar-refractivity contribution in [2.45, 2.75) is 40.5 Å². The van der Waals surface area contributed by atoms with Gasteiger partial charge in [-0.1, -0.05) is 43.7 Å². The fourth-order valence-corrected chi connectivity index (χ4v) is 1.98. The zero-order valence-corrected chi connectivity index (χ0v) is 9.22. The Hall–Kier alpha value is -0.780. The van der Waals surface area contributed by atoms with E-state index in [4.69, 9.17) is 0 Å². The molecule has 0 heterocycles. The van der Waals surface area contributed by atoms with Crippen LogP contribution in [0, 0.1) is 5.41 Å². The third kappa shape index (κ3) is 2.33. The van der Waals surface area contributed by atoms with E-state index in [0.717, 1.165) is 0 Å². The summed E-state index contributed by atoms with van der Waals surface area (Å²) in [6.45, 7) is 8.94. The molecule has 1 aliphatic carbocycles. The second kappa shape index (κ2) is 3.95. The maximum atomic E-state index is 2.35. The van der Waals surface area contributed by atoms with Crippen LogP contribution in [0.3, 0.4) is 0 Å². The van der Waals surface area contributed by atoms with Gasteiger partial charge < -0.3 is 0 Å². The molecule has 1 rings (SSSR count). The Labute approximate surface area is 82.0 Å². The third-order valence-corrected chi connectivity index (χ3v) is 2.83. The highest BCUT2D eigenvalue weighted by Gasteiger charge is 2.25. The monoisotopic (exact) mass is 176 g/mol. The van der Waals surface area contributed by atoms with E-state index in [9.17, 15) is 0 Å². The van der Waals surface area contributed by atoms with Crippen molar-refractivity contribution in [1.82, 2.24) is 0 Å². The van der Waals surface area contributed by atoms with Crippen molar-refractivity contribution >= 4 is 0 Å². The molecule has 0 saturated carbocycles. The Bertz CT molecular complexity index is 262. The third-order valence-electron chi connectivity index (χ3n) is 2.83. The highest BCUT2D eigenvalue weighted by molar-refractivity contribution is 5.39. The van der Waals surface area contributed by atoms with Crippen LogP contribution in [0.4, 0.5) is 0 Å². The predicted octanol–water partition coefficient (Wildman–Crippen LogP) is 4.26. The van der Waals surface area contributed by atoms with Crippen LogP contribution in [0.15, 0.2) is 35.5 Å². The Kier molecular flexibility index (Phi) is 3.13. The van der Waals surface area contributed by atoms with E-state index in [-0.39, 0.29) is 0 Å². The predicted molar refractivity (Wildman–Crippen MR) is 59.7 cm³/mol. The molecule has 0 aliphatic heterocycles. The van der Waals surface area contributed by atoms with Gasteiger partial charge in [-0.2, -0.15) is 0 Å². The highest BCUT2D eigenvalue weighted by Crippen LogP contribution is 2.40. The highest BCUT2D eigenvalue weighted by atomic mass is 14.3. The molecular formula is C13H20. The van der Waals surface area contributed by atoms with Crippen LogP contribution < -0.4 is 0 Å². The molecule has 0 nitrogen and oxygen atoms in total. The Morgan fingerprint density at radius 2 is 2.08 bits per heavy atom. The molecule has 0 N–H and O–H groups in total. The maximum absolute atomic E-state index is 2.35. The van der Waals surface area contributed by atoms with Crippen molar-refractivity contribution in [3.05, 3.63) is 35.5 Å². The molecule has 1 aliphatic rings. The number of allylic oxidation sites excluding steroid dienone is 6. The van der Waals surface area contributed by atoms with Crippen molar-refractivity contribution in [2.24, 2.45) is 5.41 Å². The van der Waals surface area contributed by atoms with Crippen molar-refractivity contribution in [3.63, 3.8) is 0 Å². The molecule has 0 bridgehead atoms. The van der Waals surface area contributed by atoms with Gasteiger partial charge in [0.05, 0.1) is 0 Å². The lowest BCUT2D eigenvalue weighted by molar-refractivity contribution is 0.404. The molecule has 0 aromatic carbocycles. The van der Waals surface area contributed by atoms with E-state index >= 15 is 0 Å². The van der Waals surface area contributed by atoms with Crippen molar-refractivity contribution in [1.29, 1.82) is 0 Å². The van der Waals surface area contributed by atoms with E-state index in [1.54, 1.807) is 0 Å². The summed E-state index contributed by atoms with van der Waals surface area (Å²) in [6.07, 6.45) is 11.3. The van der Waals surface area contributed by atoms with E-state index in [0.29, 0.717) is 5.41 Å². The maximum Gasteiger partial charge on any atom is -0.00981 e. The largest absolute Gasteiger partial charge is 0.0877 e. The minimum atomic E-state index is 0.359. The van der Waals surface area contributed by atoms with Gasteiger partial charge in [0.1, 0.15) is 0 Å². The summed E-state index contributed by atoms with van der Waals surface area (Å²) in [5.74, 6) is 0. The fourth-order valence-electron chi connectivity index (χ4n) is 1.98. The Morgan fingerprint density at radius 3 is 2.62 bits per heavy atom. The normalized spacial score (nSPS) is 25.2. The van der Waals surface area contributed by atoms with Crippen LogP contribution in [0.2, 0.25) is 0 Å². The van der Waals surface area contributed by atoms with Crippen LogP contribution in [-0.4, -0.2) is 0 Å². The topological polar surface area (TPSA) is 0 Å². The zero-order valence-electron chi connectivity index (χ0n) is 9.22. The summed E-state index contributed by atoms with van der Waals surface area (Å²) in [5.41, 5.74) is 3.31. The number of hydrogen-bond donors (Lipinski definition) is 0. The zero-order chi connectivity index (χ0) is 9.90. The van der Waals surface area contributed by atoms with Crippen LogP contribution in [0.5, 0.6) is 0 Å². The Balaban J connectivity index is 3.00. The first kappa shape index (κ1) is 10.3. The molecule has 0 fully saturated rings. The van der Waals surface area contributed by atoms with Crippen molar-refractivity contribution in [3.8, 4) is 0 Å². The fraction of sp³-hybridized carbons (Fsp3) is 0.538. The number of hydrogen-bond acceptors (Lipinski definition) is 0. The average Bonchev–Trinajstić information content (AvgIpc) is 2.02. The number of rotatable bonds is 1. The lowest BCUT2D eigenvalue weighted by Gasteiger charge is -2.32. The van der Waals surface area contributed by atoms with Crippen LogP contribution >= 0.6 is 0 Å². The lowest BCUT2D eigenvalue weighted by Crippen LogP contribution is -2.18. The quantitative estimate of drug-likeness (QED) is 0.560. The SMILES string of the molecule is C/C=C/C=C1/C(C)=CCCC1(C)C. The van der Waals surface area contributed by atoms with Gasteiger partial charge in [0.25, 0.3) is 0 Å². The van der Waals surface area contributed by atoms with Crippen molar-refractivity contribution in [2.75, 3.05) is 0 Å². The molecule has 0 saturated heterocycles. The van der Waals surface area contributed by atoms with Crippen LogP contribution in [0.25, 0.3) is 0 Å². The summed E-state index contributed by atoms with van der Waals surface area (Å²) < 4.78 is 0. The van der Waals surface area contributed by atoms with Crippen LogP contribution in [-0.2, 0) is 0 Å². The van der Waals surface area contributed by atoms with Gasteiger partial charge in [0, 0.05) is 0 Å². The average molecular weight is 176 g/mol. The van der Waals surface area contributed by atoms with Gasteiger partial charge in [0.15, 0.2) is 0 Å². The molecule has 72 valence electrons. The van der Waals surface area contributed by atoms with E-state index in [2.05, 4.69) is 52.0 Å². The summed E-state index contributed by atoms with van der Waals surface area (Å²) in [4.78, 5) is 0. The van der Waals surface area contributed by atoms with E-state index < -0.39 is 0 Å².